The molecule has 0 bridgehead atoms. The van der Waals surface area contributed by atoms with E-state index in [0.717, 1.165) is 32.5 Å². The summed E-state index contributed by atoms with van der Waals surface area (Å²) in [6, 6.07) is 4.10. The van der Waals surface area contributed by atoms with Crippen molar-refractivity contribution in [3.63, 3.8) is 0 Å². The quantitative estimate of drug-likeness (QED) is 0.730. The maximum absolute atomic E-state index is 5.36. The van der Waals surface area contributed by atoms with Crippen molar-refractivity contribution < 1.29 is 9.47 Å². The number of hydrogen-bond acceptors (Lipinski definition) is 3. The highest BCUT2D eigenvalue weighted by molar-refractivity contribution is 5.09. The molecule has 14 heavy (non-hydrogen) atoms. The molecule has 3 heteroatoms. The SMILES string of the molecule is c1cc(CCCC2OCCO2)ccn1. The third-order valence-electron chi connectivity index (χ3n) is 2.35. The van der Waals surface area contributed by atoms with E-state index in [1.165, 1.54) is 5.56 Å². The summed E-state index contributed by atoms with van der Waals surface area (Å²) >= 11 is 0. The summed E-state index contributed by atoms with van der Waals surface area (Å²) in [7, 11) is 0. The predicted molar refractivity (Wildman–Crippen MR) is 52.9 cm³/mol. The van der Waals surface area contributed by atoms with Crippen LogP contribution < -0.4 is 0 Å². The van der Waals surface area contributed by atoms with Gasteiger partial charge in [-0.2, -0.15) is 0 Å². The number of pyridine rings is 1. The molecule has 0 saturated carbocycles. The first-order valence-electron chi connectivity index (χ1n) is 5.07. The molecule has 0 aromatic carbocycles. The number of hydrogen-bond donors (Lipinski definition) is 0. The number of aromatic nitrogens is 1. The largest absolute Gasteiger partial charge is 0.350 e. The lowest BCUT2D eigenvalue weighted by Crippen LogP contribution is -2.07. The minimum atomic E-state index is 0.0387. The second kappa shape index (κ2) is 5.08. The van der Waals surface area contributed by atoms with Crippen molar-refractivity contribution in [2.75, 3.05) is 13.2 Å². The lowest BCUT2D eigenvalue weighted by Gasteiger charge is -2.07. The van der Waals surface area contributed by atoms with Gasteiger partial charge in [0.15, 0.2) is 6.29 Å². The molecule has 1 fully saturated rings. The van der Waals surface area contributed by atoms with E-state index in [2.05, 4.69) is 17.1 Å². The number of ether oxygens (including phenoxy) is 2. The van der Waals surface area contributed by atoms with E-state index in [4.69, 9.17) is 9.47 Å². The lowest BCUT2D eigenvalue weighted by atomic mass is 10.1. The van der Waals surface area contributed by atoms with Crippen LogP contribution in [0.3, 0.4) is 0 Å². The van der Waals surface area contributed by atoms with E-state index in [9.17, 15) is 0 Å². The lowest BCUT2D eigenvalue weighted by molar-refractivity contribution is -0.0475. The van der Waals surface area contributed by atoms with Gasteiger partial charge in [-0.1, -0.05) is 0 Å². The monoisotopic (exact) mass is 193 g/mol. The van der Waals surface area contributed by atoms with Crippen LogP contribution in [0.2, 0.25) is 0 Å². The van der Waals surface area contributed by atoms with E-state index in [1.807, 2.05) is 12.4 Å². The van der Waals surface area contributed by atoms with Gasteiger partial charge in [-0.25, -0.2) is 0 Å². The highest BCUT2D eigenvalue weighted by Crippen LogP contribution is 2.12. The van der Waals surface area contributed by atoms with Crippen molar-refractivity contribution in [2.45, 2.75) is 25.6 Å². The molecule has 0 unspecified atom stereocenters. The smallest absolute Gasteiger partial charge is 0.157 e. The van der Waals surface area contributed by atoms with Gasteiger partial charge in [0.25, 0.3) is 0 Å². The van der Waals surface area contributed by atoms with Gasteiger partial charge in [-0.05, 0) is 37.0 Å². The molecule has 76 valence electrons. The molecule has 1 aliphatic heterocycles. The zero-order valence-corrected chi connectivity index (χ0v) is 8.19. The molecule has 3 nitrogen and oxygen atoms in total. The molecule has 2 rings (SSSR count). The average molecular weight is 193 g/mol. The summed E-state index contributed by atoms with van der Waals surface area (Å²) in [6.45, 7) is 1.50. The van der Waals surface area contributed by atoms with Gasteiger partial charge < -0.3 is 9.47 Å². The molecule has 0 atom stereocenters. The van der Waals surface area contributed by atoms with E-state index in [0.29, 0.717) is 0 Å². The first-order valence-corrected chi connectivity index (χ1v) is 5.07. The molecular formula is C11H15NO2. The van der Waals surface area contributed by atoms with E-state index in [-0.39, 0.29) is 6.29 Å². The van der Waals surface area contributed by atoms with Crippen molar-refractivity contribution in [2.24, 2.45) is 0 Å². The van der Waals surface area contributed by atoms with Crippen LogP contribution >= 0.6 is 0 Å². The number of nitrogens with zero attached hydrogens (tertiary/aromatic N) is 1. The summed E-state index contributed by atoms with van der Waals surface area (Å²) < 4.78 is 10.7. The maximum atomic E-state index is 5.36. The average Bonchev–Trinajstić information content (AvgIpc) is 2.72. The minimum absolute atomic E-state index is 0.0387. The Bertz CT molecular complexity index is 257. The summed E-state index contributed by atoms with van der Waals surface area (Å²) in [5.74, 6) is 0. The number of aryl methyl sites for hydroxylation is 1. The van der Waals surface area contributed by atoms with Crippen molar-refractivity contribution >= 4 is 0 Å². The fraction of sp³-hybridized carbons (Fsp3) is 0.545. The normalized spacial score (nSPS) is 17.4. The fourth-order valence-electron chi connectivity index (χ4n) is 1.60. The first kappa shape index (κ1) is 9.62. The molecule has 0 amide bonds. The Morgan fingerprint density at radius 3 is 2.64 bits per heavy atom. The molecule has 0 spiro atoms. The molecule has 0 aliphatic carbocycles. The van der Waals surface area contributed by atoms with E-state index in [1.54, 1.807) is 0 Å². The predicted octanol–water partition coefficient (Wildman–Crippen LogP) is 1.78. The third-order valence-corrected chi connectivity index (χ3v) is 2.35. The summed E-state index contributed by atoms with van der Waals surface area (Å²) in [6.07, 6.45) is 6.87. The Hall–Kier alpha value is -0.930. The fourth-order valence-corrected chi connectivity index (χ4v) is 1.60. The van der Waals surface area contributed by atoms with Crippen LogP contribution in [0.15, 0.2) is 24.5 Å². The molecule has 1 aliphatic rings. The van der Waals surface area contributed by atoms with Gasteiger partial charge in [0, 0.05) is 12.4 Å². The Balaban J connectivity index is 1.67. The van der Waals surface area contributed by atoms with Crippen LogP contribution in [0, 0.1) is 0 Å². The van der Waals surface area contributed by atoms with Gasteiger partial charge in [0.2, 0.25) is 0 Å². The summed E-state index contributed by atoms with van der Waals surface area (Å²) in [4.78, 5) is 3.98. The van der Waals surface area contributed by atoms with Crippen LogP contribution in [-0.4, -0.2) is 24.5 Å². The summed E-state index contributed by atoms with van der Waals surface area (Å²) in [5.41, 5.74) is 1.33. The Kier molecular flexibility index (Phi) is 3.49. The third kappa shape index (κ3) is 2.79. The Morgan fingerprint density at radius 2 is 1.93 bits per heavy atom. The number of rotatable bonds is 4. The van der Waals surface area contributed by atoms with E-state index >= 15 is 0 Å². The maximum Gasteiger partial charge on any atom is 0.157 e. The molecular weight excluding hydrogens is 178 g/mol. The van der Waals surface area contributed by atoms with Crippen LogP contribution in [-0.2, 0) is 15.9 Å². The van der Waals surface area contributed by atoms with Gasteiger partial charge in [-0.3, -0.25) is 4.98 Å². The Labute approximate surface area is 84.1 Å². The molecule has 1 aromatic rings. The van der Waals surface area contributed by atoms with Crippen molar-refractivity contribution in [3.05, 3.63) is 30.1 Å². The highest BCUT2D eigenvalue weighted by atomic mass is 16.7. The zero-order chi connectivity index (χ0) is 9.64. The van der Waals surface area contributed by atoms with E-state index < -0.39 is 0 Å². The summed E-state index contributed by atoms with van der Waals surface area (Å²) in [5, 5.41) is 0. The van der Waals surface area contributed by atoms with Crippen LogP contribution in [0.1, 0.15) is 18.4 Å². The molecule has 1 aromatic heterocycles. The van der Waals surface area contributed by atoms with Gasteiger partial charge >= 0.3 is 0 Å². The standard InChI is InChI=1S/C11H15NO2/c1(3-11-13-8-9-14-11)2-10-4-6-12-7-5-10/h4-7,11H,1-3,8-9H2. The molecule has 0 radical (unpaired) electrons. The topological polar surface area (TPSA) is 31.4 Å². The van der Waals surface area contributed by atoms with Crippen LogP contribution in [0.25, 0.3) is 0 Å². The molecule has 2 heterocycles. The second-order valence-corrected chi connectivity index (χ2v) is 3.42. The second-order valence-electron chi connectivity index (χ2n) is 3.42. The minimum Gasteiger partial charge on any atom is -0.350 e. The van der Waals surface area contributed by atoms with Crippen LogP contribution in [0.4, 0.5) is 0 Å². The molecule has 0 N–H and O–H groups in total. The van der Waals surface area contributed by atoms with Crippen molar-refractivity contribution in [3.8, 4) is 0 Å². The van der Waals surface area contributed by atoms with Gasteiger partial charge in [-0.15, -0.1) is 0 Å². The van der Waals surface area contributed by atoms with Gasteiger partial charge in [0.05, 0.1) is 13.2 Å². The Morgan fingerprint density at radius 1 is 1.21 bits per heavy atom. The zero-order valence-electron chi connectivity index (χ0n) is 8.19. The first-order chi connectivity index (χ1) is 6.95. The van der Waals surface area contributed by atoms with Gasteiger partial charge in [0.1, 0.15) is 0 Å². The van der Waals surface area contributed by atoms with Crippen molar-refractivity contribution in [1.82, 2.24) is 4.98 Å². The highest BCUT2D eigenvalue weighted by Gasteiger charge is 2.14. The van der Waals surface area contributed by atoms with Crippen molar-refractivity contribution in [1.29, 1.82) is 0 Å². The van der Waals surface area contributed by atoms with Crippen LogP contribution in [0.5, 0.6) is 0 Å². The molecule has 1 saturated heterocycles.